The third kappa shape index (κ3) is 3.16. The molecule has 111 valence electrons. The molecule has 0 unspecified atom stereocenters. The average Bonchev–Trinajstić information content (AvgIpc) is 2.48. The van der Waals surface area contributed by atoms with Crippen LogP contribution >= 0.6 is 7.60 Å². The van der Waals surface area contributed by atoms with Crippen LogP contribution in [-0.4, -0.2) is 18.7 Å². The predicted molar refractivity (Wildman–Crippen MR) is 82.0 cm³/mol. The van der Waals surface area contributed by atoms with Gasteiger partial charge in [0.25, 0.3) is 0 Å². The lowest BCUT2D eigenvalue weighted by molar-refractivity contribution is 0.204. The Balaban J connectivity index is 2.61. The van der Waals surface area contributed by atoms with Gasteiger partial charge in [-0.2, -0.15) is 0 Å². The summed E-state index contributed by atoms with van der Waals surface area (Å²) in [4.78, 5) is 0. The summed E-state index contributed by atoms with van der Waals surface area (Å²) in [7, 11) is -3.72. The summed E-state index contributed by atoms with van der Waals surface area (Å²) in [5.74, 6) is 0. The minimum Gasteiger partial charge on any atom is -0.304 e. The van der Waals surface area contributed by atoms with Crippen molar-refractivity contribution in [2.24, 2.45) is 5.16 Å². The van der Waals surface area contributed by atoms with Gasteiger partial charge in [0.15, 0.2) is 0 Å². The number of hydrogen-bond acceptors (Lipinski definition) is 4. The van der Waals surface area contributed by atoms with Crippen LogP contribution in [0.5, 0.6) is 0 Å². The smallest absolute Gasteiger partial charge is 0.304 e. The molecule has 0 saturated carbocycles. The Labute approximate surface area is 123 Å². The minimum atomic E-state index is -3.72. The summed E-state index contributed by atoms with van der Waals surface area (Å²) in [5.41, 5.74) is 0.302. The molecule has 0 aliphatic heterocycles. The summed E-state index contributed by atoms with van der Waals surface area (Å²) in [6.07, 6.45) is 0. The average molecular weight is 306 g/mol. The highest BCUT2D eigenvalue weighted by molar-refractivity contribution is 7.73. The first-order valence-corrected chi connectivity index (χ1v) is 8.28. The van der Waals surface area contributed by atoms with Crippen LogP contribution in [0, 0.1) is 0 Å². The van der Waals surface area contributed by atoms with E-state index in [1.807, 2.05) is 30.3 Å². The molecule has 0 aromatic heterocycles. The first-order valence-electron chi connectivity index (χ1n) is 6.74. The van der Waals surface area contributed by atoms with Crippen LogP contribution in [0.4, 0.5) is 0 Å². The van der Waals surface area contributed by atoms with Crippen molar-refractivity contribution in [3.8, 4) is 0 Å². The van der Waals surface area contributed by atoms with E-state index in [1.54, 1.807) is 26.0 Å². The molecule has 1 radical (unpaired) electrons. The van der Waals surface area contributed by atoms with E-state index >= 15 is 0 Å². The number of fused-ring (bicyclic) bond motifs is 1. The normalized spacial score (nSPS) is 12.8. The molecule has 0 fully saturated rings. The van der Waals surface area contributed by atoms with Crippen molar-refractivity contribution >= 4 is 23.8 Å². The molecular formula is C15H17NO4P. The molecule has 5 nitrogen and oxygen atoms in total. The fourth-order valence-electron chi connectivity index (χ4n) is 2.17. The fraction of sp³-hybridized carbons (Fsp3) is 0.267. The van der Waals surface area contributed by atoms with E-state index in [2.05, 4.69) is 5.16 Å². The van der Waals surface area contributed by atoms with Gasteiger partial charge in [0.05, 0.1) is 13.2 Å². The van der Waals surface area contributed by atoms with E-state index in [1.165, 1.54) is 0 Å². The van der Waals surface area contributed by atoms with Gasteiger partial charge in [0, 0.05) is 5.56 Å². The van der Waals surface area contributed by atoms with E-state index in [9.17, 15) is 9.77 Å². The van der Waals surface area contributed by atoms with Gasteiger partial charge in [0.1, 0.15) is 0 Å². The maximum Gasteiger partial charge on any atom is 0.383 e. The first-order chi connectivity index (χ1) is 10.2. The standard InChI is InChI=1S/C15H17NO4P/c1-3-19-21(18,20-4-2)15(16-17)14-11-7-9-12-8-5-6-10-13(12)14/h5-11H,3-4H2,1-2H3/b16-15-. The Morgan fingerprint density at radius 2 is 1.67 bits per heavy atom. The molecule has 0 saturated heterocycles. The monoisotopic (exact) mass is 306 g/mol. The van der Waals surface area contributed by atoms with Crippen LogP contribution in [0.25, 0.3) is 10.8 Å². The van der Waals surface area contributed by atoms with Crippen molar-refractivity contribution in [2.75, 3.05) is 13.2 Å². The molecule has 0 N–H and O–H groups in total. The number of benzene rings is 2. The largest absolute Gasteiger partial charge is 0.383 e. The second-order valence-electron chi connectivity index (χ2n) is 4.27. The lowest BCUT2D eigenvalue weighted by atomic mass is 10.1. The fourth-order valence-corrected chi connectivity index (χ4v) is 3.76. The lowest BCUT2D eigenvalue weighted by Gasteiger charge is -2.18. The van der Waals surface area contributed by atoms with Crippen molar-refractivity contribution in [2.45, 2.75) is 13.8 Å². The van der Waals surface area contributed by atoms with Gasteiger partial charge in [-0.15, -0.1) is 5.21 Å². The van der Waals surface area contributed by atoms with Crippen LogP contribution in [-0.2, 0) is 18.8 Å². The van der Waals surface area contributed by atoms with Gasteiger partial charge < -0.3 is 9.05 Å². The third-order valence-electron chi connectivity index (χ3n) is 2.97. The van der Waals surface area contributed by atoms with E-state index in [0.717, 1.165) is 10.8 Å². The third-order valence-corrected chi connectivity index (χ3v) is 5.01. The Hall–Kier alpha value is -1.68. The van der Waals surface area contributed by atoms with Crippen molar-refractivity contribution in [3.63, 3.8) is 0 Å². The van der Waals surface area contributed by atoms with Crippen molar-refractivity contribution in [1.29, 1.82) is 0 Å². The number of rotatable bonds is 6. The van der Waals surface area contributed by atoms with Crippen LogP contribution < -0.4 is 0 Å². The molecule has 2 aromatic carbocycles. The molecule has 0 spiro atoms. The molecule has 0 aliphatic carbocycles. The molecule has 0 amide bonds. The Morgan fingerprint density at radius 1 is 1.05 bits per heavy atom. The summed E-state index contributed by atoms with van der Waals surface area (Å²) in [5, 5.41) is 16.0. The molecule has 2 aromatic rings. The van der Waals surface area contributed by atoms with Crippen molar-refractivity contribution < 1.29 is 18.8 Å². The summed E-state index contributed by atoms with van der Waals surface area (Å²) in [6, 6.07) is 12.9. The highest BCUT2D eigenvalue weighted by Crippen LogP contribution is 2.52. The number of nitrogens with zero attached hydrogens (tertiary/aromatic N) is 1. The molecule has 2 rings (SSSR count). The van der Waals surface area contributed by atoms with Crippen molar-refractivity contribution in [1.82, 2.24) is 0 Å². The highest BCUT2D eigenvalue weighted by Gasteiger charge is 2.34. The second-order valence-corrected chi connectivity index (χ2v) is 6.21. The van der Waals surface area contributed by atoms with Crippen LogP contribution in [0.3, 0.4) is 0 Å². The molecule has 0 heterocycles. The summed E-state index contributed by atoms with van der Waals surface area (Å²) in [6.45, 7) is 3.72. The van der Waals surface area contributed by atoms with Gasteiger partial charge in [-0.1, -0.05) is 42.5 Å². The molecule has 6 heteroatoms. The minimum absolute atomic E-state index is 0.168. The van der Waals surface area contributed by atoms with Crippen LogP contribution in [0.15, 0.2) is 47.6 Å². The summed E-state index contributed by atoms with van der Waals surface area (Å²) < 4.78 is 23.3. The molecule has 0 atom stereocenters. The molecule has 21 heavy (non-hydrogen) atoms. The van der Waals surface area contributed by atoms with Crippen LogP contribution in [0.1, 0.15) is 19.4 Å². The zero-order valence-electron chi connectivity index (χ0n) is 12.0. The predicted octanol–water partition coefficient (Wildman–Crippen LogP) is 4.20. The van der Waals surface area contributed by atoms with Gasteiger partial charge in [-0.3, -0.25) is 4.57 Å². The van der Waals surface area contributed by atoms with Gasteiger partial charge >= 0.3 is 7.60 Å². The van der Waals surface area contributed by atoms with Crippen molar-refractivity contribution in [3.05, 3.63) is 48.0 Å². The van der Waals surface area contributed by atoms with Gasteiger partial charge in [0.2, 0.25) is 5.45 Å². The first kappa shape index (κ1) is 15.7. The van der Waals surface area contributed by atoms with Crippen LogP contribution in [0.2, 0.25) is 0 Å². The van der Waals surface area contributed by atoms with E-state index in [-0.39, 0.29) is 18.7 Å². The van der Waals surface area contributed by atoms with E-state index in [4.69, 9.17) is 9.05 Å². The molecular weight excluding hydrogens is 289 g/mol. The lowest BCUT2D eigenvalue weighted by Crippen LogP contribution is -2.09. The quantitative estimate of drug-likeness (QED) is 0.456. The highest BCUT2D eigenvalue weighted by atomic mass is 31.2. The Bertz CT molecular complexity index is 684. The molecule has 0 aliphatic rings. The molecule has 0 bridgehead atoms. The zero-order chi connectivity index (χ0) is 15.3. The van der Waals surface area contributed by atoms with E-state index < -0.39 is 7.60 Å². The zero-order valence-corrected chi connectivity index (χ0v) is 12.9. The number of hydrogen-bond donors (Lipinski definition) is 0. The topological polar surface area (TPSA) is 67.8 Å². The van der Waals surface area contributed by atoms with Gasteiger partial charge in [-0.25, -0.2) is 0 Å². The SMILES string of the molecule is CCOP(=O)(OCC)/C(=N\[O])c1cccc2ccccc12. The second kappa shape index (κ2) is 6.85. The Morgan fingerprint density at radius 3 is 2.29 bits per heavy atom. The Kier molecular flexibility index (Phi) is 5.12. The van der Waals surface area contributed by atoms with Gasteiger partial charge in [-0.05, 0) is 29.8 Å². The maximum absolute atomic E-state index is 12.8. The van der Waals surface area contributed by atoms with E-state index in [0.29, 0.717) is 5.56 Å². The summed E-state index contributed by atoms with van der Waals surface area (Å²) >= 11 is 0. The maximum atomic E-state index is 12.8.